The van der Waals surface area contributed by atoms with Gasteiger partial charge in [-0.25, -0.2) is 4.79 Å². The molecule has 0 spiro atoms. The lowest BCUT2D eigenvalue weighted by Gasteiger charge is -2.14. The largest absolute Gasteiger partial charge is 0.480 e. The third-order valence-corrected chi connectivity index (χ3v) is 3.87. The van der Waals surface area contributed by atoms with E-state index in [0.717, 1.165) is 10.6 Å². The van der Waals surface area contributed by atoms with Gasteiger partial charge in [0, 0.05) is 9.92 Å². The van der Waals surface area contributed by atoms with Crippen LogP contribution in [0.5, 0.6) is 0 Å². The summed E-state index contributed by atoms with van der Waals surface area (Å²) in [7, 11) is 0. The van der Waals surface area contributed by atoms with E-state index in [1.807, 2.05) is 6.92 Å². The first kappa shape index (κ1) is 17.6. The number of hydrogen-bond acceptors (Lipinski definition) is 3. The summed E-state index contributed by atoms with van der Waals surface area (Å²) in [4.78, 5) is 24.2. The van der Waals surface area contributed by atoms with Crippen LogP contribution in [-0.2, 0) is 4.79 Å². The number of benzene rings is 1. The smallest absolute Gasteiger partial charge is 0.326 e. The van der Waals surface area contributed by atoms with Gasteiger partial charge in [-0.2, -0.15) is 0 Å². The van der Waals surface area contributed by atoms with Crippen LogP contribution < -0.4 is 5.32 Å². The monoisotopic (exact) mass is 327 g/mol. The van der Waals surface area contributed by atoms with Gasteiger partial charge in [0.05, 0.1) is 5.56 Å². The maximum absolute atomic E-state index is 12.3. The number of amides is 1. The summed E-state index contributed by atoms with van der Waals surface area (Å²) in [5.74, 6) is -0.665. The van der Waals surface area contributed by atoms with Gasteiger partial charge in [0.25, 0.3) is 5.91 Å². The summed E-state index contributed by atoms with van der Waals surface area (Å²) in [5.41, 5.74) is 0.443. The molecule has 0 fully saturated rings. The van der Waals surface area contributed by atoms with Crippen LogP contribution in [-0.4, -0.2) is 28.8 Å². The molecule has 0 saturated carbocycles. The van der Waals surface area contributed by atoms with Crippen LogP contribution in [0.1, 0.15) is 30.6 Å². The van der Waals surface area contributed by atoms with Crippen molar-refractivity contribution in [3.8, 4) is 0 Å². The summed E-state index contributed by atoms with van der Waals surface area (Å²) < 4.78 is 0. The van der Waals surface area contributed by atoms with Crippen molar-refractivity contribution in [3.63, 3.8) is 0 Å². The van der Waals surface area contributed by atoms with Crippen molar-refractivity contribution in [2.24, 2.45) is 0 Å². The van der Waals surface area contributed by atoms with E-state index in [9.17, 15) is 9.59 Å². The van der Waals surface area contributed by atoms with Gasteiger partial charge >= 0.3 is 5.97 Å². The Labute approximate surface area is 133 Å². The fourth-order valence-electron chi connectivity index (χ4n) is 1.69. The van der Waals surface area contributed by atoms with Crippen LogP contribution in [0.25, 0.3) is 0 Å². The number of rotatable bonds is 7. The Morgan fingerprint density at radius 2 is 2.19 bits per heavy atom. The number of carbonyl (C=O) groups excluding carboxylic acids is 1. The fourth-order valence-corrected chi connectivity index (χ4v) is 2.76. The zero-order chi connectivity index (χ0) is 15.8. The summed E-state index contributed by atoms with van der Waals surface area (Å²) in [5, 5.41) is 12.2. The molecule has 1 rings (SSSR count). The Morgan fingerprint density at radius 1 is 1.48 bits per heavy atom. The second kappa shape index (κ2) is 8.74. The van der Waals surface area contributed by atoms with Crippen molar-refractivity contribution in [1.29, 1.82) is 0 Å². The molecule has 2 N–H and O–H groups in total. The molecule has 1 amide bonds. The van der Waals surface area contributed by atoms with E-state index >= 15 is 0 Å². The molecule has 0 radical (unpaired) electrons. The fraction of sp³-hybridized carbons (Fsp3) is 0.333. The minimum atomic E-state index is -1.06. The zero-order valence-electron chi connectivity index (χ0n) is 11.9. The first-order valence-electron chi connectivity index (χ1n) is 6.56. The SMILES string of the molecule is C/C=C/CC(NC(=O)c1ccc(Cl)cc1SCC)C(=O)O. The number of allylic oxidation sites excluding steroid dienone is 1. The van der Waals surface area contributed by atoms with Crippen molar-refractivity contribution in [2.45, 2.75) is 31.2 Å². The first-order chi connectivity index (χ1) is 9.99. The Balaban J connectivity index is 2.94. The van der Waals surface area contributed by atoms with Crippen molar-refractivity contribution in [3.05, 3.63) is 40.9 Å². The van der Waals surface area contributed by atoms with E-state index < -0.39 is 17.9 Å². The Kier molecular flexibility index (Phi) is 7.32. The highest BCUT2D eigenvalue weighted by atomic mass is 35.5. The lowest BCUT2D eigenvalue weighted by atomic mass is 10.1. The highest BCUT2D eigenvalue weighted by molar-refractivity contribution is 7.99. The maximum atomic E-state index is 12.3. The number of aliphatic carboxylic acids is 1. The van der Waals surface area contributed by atoms with Gasteiger partial charge in [0.1, 0.15) is 6.04 Å². The minimum absolute atomic E-state index is 0.251. The summed E-state index contributed by atoms with van der Waals surface area (Å²) in [6.45, 7) is 3.77. The van der Waals surface area contributed by atoms with E-state index in [-0.39, 0.29) is 6.42 Å². The summed E-state index contributed by atoms with van der Waals surface area (Å²) in [6.07, 6.45) is 3.72. The number of carboxylic acid groups (broad SMARTS) is 1. The third kappa shape index (κ3) is 5.44. The number of nitrogens with one attached hydrogen (secondary N) is 1. The standard InChI is InChI=1S/C15H18ClNO3S/c1-3-5-6-12(15(19)20)17-14(18)11-8-7-10(16)9-13(11)21-4-2/h3,5,7-9,12H,4,6H2,1-2H3,(H,17,18)(H,19,20)/b5-3+. The second-order valence-corrected chi connectivity index (χ2v) is 5.98. The first-order valence-corrected chi connectivity index (χ1v) is 7.93. The van der Waals surface area contributed by atoms with Gasteiger partial charge in [0.15, 0.2) is 0 Å². The molecule has 1 unspecified atom stereocenters. The highest BCUT2D eigenvalue weighted by Crippen LogP contribution is 2.26. The maximum Gasteiger partial charge on any atom is 0.326 e. The van der Waals surface area contributed by atoms with Crippen LogP contribution >= 0.6 is 23.4 Å². The van der Waals surface area contributed by atoms with Gasteiger partial charge < -0.3 is 10.4 Å². The minimum Gasteiger partial charge on any atom is -0.480 e. The van der Waals surface area contributed by atoms with Gasteiger partial charge in [-0.15, -0.1) is 11.8 Å². The van der Waals surface area contributed by atoms with Gasteiger partial charge in [-0.1, -0.05) is 30.7 Å². The van der Waals surface area contributed by atoms with Crippen LogP contribution in [0.2, 0.25) is 5.02 Å². The van der Waals surface area contributed by atoms with Gasteiger partial charge in [-0.05, 0) is 37.3 Å². The van der Waals surface area contributed by atoms with Crippen molar-refractivity contribution in [1.82, 2.24) is 5.32 Å². The lowest BCUT2D eigenvalue weighted by molar-refractivity contribution is -0.139. The van der Waals surface area contributed by atoms with Crippen LogP contribution in [0.3, 0.4) is 0 Å². The lowest BCUT2D eigenvalue weighted by Crippen LogP contribution is -2.40. The van der Waals surface area contributed by atoms with Crippen molar-refractivity contribution < 1.29 is 14.7 Å². The van der Waals surface area contributed by atoms with E-state index in [1.165, 1.54) is 11.8 Å². The number of carbonyl (C=O) groups is 2. The van der Waals surface area contributed by atoms with Gasteiger partial charge in [0.2, 0.25) is 0 Å². The van der Waals surface area contributed by atoms with Crippen LogP contribution in [0.4, 0.5) is 0 Å². The highest BCUT2D eigenvalue weighted by Gasteiger charge is 2.21. The van der Waals surface area contributed by atoms with E-state index in [1.54, 1.807) is 37.3 Å². The molecular formula is C15H18ClNO3S. The Bertz CT molecular complexity index is 546. The molecule has 0 saturated heterocycles. The molecule has 1 aromatic rings. The van der Waals surface area contributed by atoms with Crippen LogP contribution in [0, 0.1) is 0 Å². The second-order valence-electron chi connectivity index (χ2n) is 4.24. The van der Waals surface area contributed by atoms with E-state index in [0.29, 0.717) is 10.6 Å². The van der Waals surface area contributed by atoms with Crippen LogP contribution in [0.15, 0.2) is 35.2 Å². The molecule has 6 heteroatoms. The number of carboxylic acids is 1. The molecular weight excluding hydrogens is 310 g/mol. The molecule has 4 nitrogen and oxygen atoms in total. The molecule has 1 aromatic carbocycles. The molecule has 0 aliphatic rings. The van der Waals surface area contributed by atoms with Crippen molar-refractivity contribution >= 4 is 35.2 Å². The molecule has 1 atom stereocenters. The number of halogens is 1. The number of thioether (sulfide) groups is 1. The molecule has 0 aliphatic carbocycles. The Hall–Kier alpha value is -1.46. The van der Waals surface area contributed by atoms with E-state index in [4.69, 9.17) is 16.7 Å². The Morgan fingerprint density at radius 3 is 2.76 bits per heavy atom. The summed E-state index contributed by atoms with van der Waals surface area (Å²) >= 11 is 7.42. The zero-order valence-corrected chi connectivity index (χ0v) is 13.5. The van der Waals surface area contributed by atoms with E-state index in [2.05, 4.69) is 5.32 Å². The van der Waals surface area contributed by atoms with Gasteiger partial charge in [-0.3, -0.25) is 4.79 Å². The topological polar surface area (TPSA) is 66.4 Å². The molecule has 0 aliphatic heterocycles. The van der Waals surface area contributed by atoms with Crippen molar-refractivity contribution in [2.75, 3.05) is 5.75 Å². The average Bonchev–Trinajstić information content (AvgIpc) is 2.43. The summed E-state index contributed by atoms with van der Waals surface area (Å²) in [6, 6.07) is 4.01. The third-order valence-electron chi connectivity index (χ3n) is 2.70. The predicted molar refractivity (Wildman–Crippen MR) is 86.2 cm³/mol. The quantitative estimate of drug-likeness (QED) is 0.593. The molecule has 0 heterocycles. The molecule has 21 heavy (non-hydrogen) atoms. The molecule has 0 aromatic heterocycles. The normalized spacial score (nSPS) is 12.3. The predicted octanol–water partition coefficient (Wildman–Crippen LogP) is 3.60. The number of hydrogen-bond donors (Lipinski definition) is 2. The molecule has 114 valence electrons. The molecule has 0 bridgehead atoms. The average molecular weight is 328 g/mol.